The van der Waals surface area contributed by atoms with Crippen LogP contribution in [-0.4, -0.2) is 42.4 Å². The second-order valence-corrected chi connectivity index (χ2v) is 2.68. The predicted molar refractivity (Wildman–Crippen MR) is 58.9 cm³/mol. The molecule has 1 heterocycles. The van der Waals surface area contributed by atoms with Gasteiger partial charge in [0.15, 0.2) is 0 Å². The predicted octanol–water partition coefficient (Wildman–Crippen LogP) is 1.28. The maximum atomic E-state index is 7.57. The van der Waals surface area contributed by atoms with Crippen LogP contribution < -0.4 is 0 Å². The molecule has 0 aliphatic rings. The van der Waals surface area contributed by atoms with Crippen molar-refractivity contribution in [3.63, 3.8) is 0 Å². The van der Waals surface area contributed by atoms with Crippen molar-refractivity contribution in [2.45, 2.75) is 0 Å². The fraction of sp³-hybridized carbons (Fsp3) is 0.222. The average Bonchev–Trinajstić information content (AvgIpc) is 2.67. The Balaban J connectivity index is 2.56. The summed E-state index contributed by atoms with van der Waals surface area (Å²) in [6, 6.07) is 3.69. The third kappa shape index (κ3) is 2.85. The summed E-state index contributed by atoms with van der Waals surface area (Å²) in [5, 5.41) is 7.57. The van der Waals surface area contributed by atoms with Crippen LogP contribution in [0.1, 0.15) is 0 Å². The van der Waals surface area contributed by atoms with Crippen LogP contribution in [0.25, 0.3) is 0 Å². The molecule has 0 aliphatic carbocycles. The second-order valence-electron chi connectivity index (χ2n) is 2.68. The maximum Gasteiger partial charge on any atom is 0.144 e. The molecule has 0 aliphatic heterocycles. The van der Waals surface area contributed by atoms with Gasteiger partial charge in [-0.15, -0.1) is 0 Å². The van der Waals surface area contributed by atoms with Crippen LogP contribution >= 0.6 is 0 Å². The molecule has 0 fully saturated rings. The monoisotopic (exact) mass is 191 g/mol. The highest BCUT2D eigenvalue weighted by Crippen LogP contribution is 2.04. The van der Waals surface area contributed by atoms with E-state index in [2.05, 4.69) is 15.0 Å². The maximum absolute atomic E-state index is 7.57. The van der Waals surface area contributed by atoms with Gasteiger partial charge in [0.2, 0.25) is 0 Å². The number of hydrogen-bond acceptors (Lipinski definition) is 3. The van der Waals surface area contributed by atoms with Crippen molar-refractivity contribution in [3.8, 4) is 0 Å². The van der Waals surface area contributed by atoms with Crippen LogP contribution in [0.2, 0.25) is 0 Å². The van der Waals surface area contributed by atoms with Gasteiger partial charge in [0.05, 0.1) is 12.6 Å². The van der Waals surface area contributed by atoms with Gasteiger partial charge in [-0.25, -0.2) is 4.99 Å². The Morgan fingerprint density at radius 3 is 3.00 bits per heavy atom. The van der Waals surface area contributed by atoms with Crippen LogP contribution in [0.3, 0.4) is 0 Å². The van der Waals surface area contributed by atoms with E-state index in [0.29, 0.717) is 0 Å². The van der Waals surface area contributed by atoms with E-state index in [-0.39, 0.29) is 5.84 Å². The SMILES string of the molecule is C/N=C\N(C)C(=N)/C=N\c1ccc[nH]1. The molecule has 1 aromatic rings. The minimum Gasteiger partial charge on any atom is -0.347 e. The summed E-state index contributed by atoms with van der Waals surface area (Å²) in [7, 11) is 3.40. The lowest BCUT2D eigenvalue weighted by atomic mass is 10.5. The Morgan fingerprint density at radius 1 is 1.64 bits per heavy atom. The van der Waals surface area contributed by atoms with Gasteiger partial charge in [0, 0.05) is 20.3 Å². The van der Waals surface area contributed by atoms with E-state index in [1.807, 2.05) is 12.1 Å². The van der Waals surface area contributed by atoms with E-state index in [4.69, 9.17) is 5.41 Å². The van der Waals surface area contributed by atoms with Crippen molar-refractivity contribution in [1.29, 1.82) is 5.41 Å². The van der Waals surface area contributed by atoms with Crippen LogP contribution in [0.4, 0.5) is 5.82 Å². The van der Waals surface area contributed by atoms with E-state index in [9.17, 15) is 0 Å². The molecule has 0 unspecified atom stereocenters. The zero-order valence-corrected chi connectivity index (χ0v) is 8.23. The number of H-pyrrole nitrogens is 1. The Labute approximate surface area is 82.7 Å². The second kappa shape index (κ2) is 4.96. The van der Waals surface area contributed by atoms with Crippen LogP contribution in [0.5, 0.6) is 0 Å². The normalized spacial score (nSPS) is 11.3. The van der Waals surface area contributed by atoms with Crippen molar-refractivity contribution >= 4 is 24.2 Å². The van der Waals surface area contributed by atoms with E-state index in [1.165, 1.54) is 6.21 Å². The number of amidine groups is 1. The smallest absolute Gasteiger partial charge is 0.144 e. The first kappa shape index (κ1) is 10.2. The highest BCUT2D eigenvalue weighted by molar-refractivity contribution is 6.30. The molecule has 0 saturated carbocycles. The number of aromatic amines is 1. The lowest BCUT2D eigenvalue weighted by Gasteiger charge is -2.08. The van der Waals surface area contributed by atoms with Crippen LogP contribution in [0, 0.1) is 5.41 Å². The Hall–Kier alpha value is -1.91. The van der Waals surface area contributed by atoms with Gasteiger partial charge in [-0.3, -0.25) is 10.4 Å². The van der Waals surface area contributed by atoms with Crippen LogP contribution in [0.15, 0.2) is 28.3 Å². The number of rotatable bonds is 3. The first-order valence-electron chi connectivity index (χ1n) is 4.15. The fourth-order valence-corrected chi connectivity index (χ4v) is 0.858. The molecule has 0 aromatic carbocycles. The van der Waals surface area contributed by atoms with Gasteiger partial charge >= 0.3 is 0 Å². The molecule has 0 saturated heterocycles. The molecule has 5 nitrogen and oxygen atoms in total. The van der Waals surface area contributed by atoms with Gasteiger partial charge in [0.25, 0.3) is 0 Å². The molecule has 0 amide bonds. The molecule has 0 spiro atoms. The molecule has 1 rings (SSSR count). The van der Waals surface area contributed by atoms with E-state index in [0.717, 1.165) is 5.82 Å². The molecule has 5 heteroatoms. The molecule has 0 atom stereocenters. The van der Waals surface area contributed by atoms with Gasteiger partial charge in [0.1, 0.15) is 11.7 Å². The van der Waals surface area contributed by atoms with Crippen LogP contribution in [-0.2, 0) is 0 Å². The molecule has 0 radical (unpaired) electrons. The molecular formula is C9H13N5. The summed E-state index contributed by atoms with van der Waals surface area (Å²) < 4.78 is 0. The van der Waals surface area contributed by atoms with Crippen molar-refractivity contribution in [2.75, 3.05) is 14.1 Å². The van der Waals surface area contributed by atoms with Gasteiger partial charge in [-0.1, -0.05) is 0 Å². The Bertz CT molecular complexity index is 336. The van der Waals surface area contributed by atoms with Gasteiger partial charge in [-0.2, -0.15) is 0 Å². The highest BCUT2D eigenvalue weighted by Gasteiger charge is 1.96. The van der Waals surface area contributed by atoms with Crippen molar-refractivity contribution in [1.82, 2.24) is 9.88 Å². The lowest BCUT2D eigenvalue weighted by Crippen LogP contribution is -2.25. The quantitative estimate of drug-likeness (QED) is 0.548. The molecule has 74 valence electrons. The molecule has 1 aromatic heterocycles. The number of nitrogens with one attached hydrogen (secondary N) is 2. The number of hydrogen-bond donors (Lipinski definition) is 2. The molecule has 14 heavy (non-hydrogen) atoms. The summed E-state index contributed by atoms with van der Waals surface area (Å²) in [6.45, 7) is 0. The van der Waals surface area contributed by atoms with Crippen molar-refractivity contribution in [2.24, 2.45) is 9.98 Å². The standard InChI is InChI=1S/C9H13N5/c1-11-7-14(2)8(10)6-13-9-4-3-5-12-9/h3-7,10,12H,1-2H3/b10-8?,11-7-,13-6-. The summed E-state index contributed by atoms with van der Waals surface area (Å²) in [6.07, 6.45) is 4.81. The van der Waals surface area contributed by atoms with E-state index >= 15 is 0 Å². The zero-order valence-electron chi connectivity index (χ0n) is 8.23. The van der Waals surface area contributed by atoms with Crippen molar-refractivity contribution in [3.05, 3.63) is 18.3 Å². The number of nitrogens with zero attached hydrogens (tertiary/aromatic N) is 3. The molecule has 2 N–H and O–H groups in total. The zero-order chi connectivity index (χ0) is 10.4. The summed E-state index contributed by atoms with van der Waals surface area (Å²) in [5.41, 5.74) is 0. The van der Waals surface area contributed by atoms with E-state index in [1.54, 1.807) is 31.5 Å². The average molecular weight is 191 g/mol. The van der Waals surface area contributed by atoms with Crippen molar-refractivity contribution < 1.29 is 0 Å². The minimum atomic E-state index is 0.283. The third-order valence-corrected chi connectivity index (χ3v) is 1.58. The first-order chi connectivity index (χ1) is 6.74. The summed E-state index contributed by atoms with van der Waals surface area (Å²) in [5.74, 6) is 1.02. The Kier molecular flexibility index (Phi) is 3.60. The minimum absolute atomic E-state index is 0.283. The van der Waals surface area contributed by atoms with E-state index < -0.39 is 0 Å². The largest absolute Gasteiger partial charge is 0.347 e. The summed E-state index contributed by atoms with van der Waals surface area (Å²) in [4.78, 5) is 12.3. The summed E-state index contributed by atoms with van der Waals surface area (Å²) >= 11 is 0. The Morgan fingerprint density at radius 2 is 2.43 bits per heavy atom. The highest BCUT2D eigenvalue weighted by atomic mass is 15.2. The topological polar surface area (TPSA) is 67.6 Å². The first-order valence-corrected chi connectivity index (χ1v) is 4.15. The number of aromatic nitrogens is 1. The third-order valence-electron chi connectivity index (χ3n) is 1.58. The lowest BCUT2D eigenvalue weighted by molar-refractivity contribution is 0.780. The van der Waals surface area contributed by atoms with Gasteiger partial charge in [-0.05, 0) is 12.1 Å². The molecular weight excluding hydrogens is 178 g/mol. The molecule has 0 bridgehead atoms. The fourth-order valence-electron chi connectivity index (χ4n) is 0.858. The number of aliphatic imine (C=N–C) groups is 2. The van der Waals surface area contributed by atoms with Gasteiger partial charge < -0.3 is 9.88 Å².